The molecule has 0 radical (unpaired) electrons. The average molecular weight is 289 g/mol. The molecular weight excluding hydrogens is 258 g/mol. The monoisotopic (exact) mass is 289 g/mol. The Bertz CT molecular complexity index is 437. The van der Waals surface area contributed by atoms with Gasteiger partial charge >= 0.3 is 0 Å². The molecule has 0 heterocycles. The highest BCUT2D eigenvalue weighted by atomic mass is 16.5. The molecule has 1 aliphatic carbocycles. The van der Waals surface area contributed by atoms with Crippen molar-refractivity contribution in [2.45, 2.75) is 59.1 Å². The maximum atomic E-state index is 6.23. The Hall–Kier alpha value is -0.860. The van der Waals surface area contributed by atoms with E-state index in [4.69, 9.17) is 4.74 Å². The second kappa shape index (κ2) is 7.42. The first-order valence-electron chi connectivity index (χ1n) is 8.36. The lowest BCUT2D eigenvalue weighted by atomic mass is 9.80. The van der Waals surface area contributed by atoms with Crippen LogP contribution >= 0.6 is 0 Å². The predicted molar refractivity (Wildman–Crippen MR) is 89.6 cm³/mol. The second-order valence-electron chi connectivity index (χ2n) is 6.99. The standard InChI is InChI=1S/C19H31NO/c1-13-8-14(2)10-17(9-13)19(20-5)12-21-18-7-6-15(3)16(4)11-18/h8-10,15-16,18-20H,6-7,11-12H2,1-5H3. The fourth-order valence-electron chi connectivity index (χ4n) is 3.44. The SMILES string of the molecule is CNC(COC1CCC(C)C(C)C1)c1cc(C)cc(C)c1. The predicted octanol–water partition coefficient (Wildman–Crippen LogP) is 4.41. The van der Waals surface area contributed by atoms with Crippen LogP contribution in [0.5, 0.6) is 0 Å². The number of hydrogen-bond donors (Lipinski definition) is 1. The van der Waals surface area contributed by atoms with Gasteiger partial charge < -0.3 is 10.1 Å². The Morgan fingerprint density at radius 3 is 2.33 bits per heavy atom. The third kappa shape index (κ3) is 4.55. The van der Waals surface area contributed by atoms with E-state index in [0.29, 0.717) is 12.1 Å². The first-order valence-corrected chi connectivity index (χ1v) is 8.36. The fraction of sp³-hybridized carbons (Fsp3) is 0.684. The molecule has 4 atom stereocenters. The molecule has 21 heavy (non-hydrogen) atoms. The van der Waals surface area contributed by atoms with Gasteiger partial charge in [-0.25, -0.2) is 0 Å². The summed E-state index contributed by atoms with van der Waals surface area (Å²) in [6.45, 7) is 9.82. The summed E-state index contributed by atoms with van der Waals surface area (Å²) >= 11 is 0. The quantitative estimate of drug-likeness (QED) is 0.867. The molecule has 118 valence electrons. The van der Waals surface area contributed by atoms with Crippen LogP contribution in [0.2, 0.25) is 0 Å². The van der Waals surface area contributed by atoms with E-state index in [9.17, 15) is 0 Å². The van der Waals surface area contributed by atoms with Gasteiger partial charge in [-0.3, -0.25) is 0 Å². The smallest absolute Gasteiger partial charge is 0.0665 e. The third-order valence-electron chi connectivity index (χ3n) is 5.04. The Labute approximate surface area is 130 Å². The summed E-state index contributed by atoms with van der Waals surface area (Å²) in [6.07, 6.45) is 4.18. The normalized spacial score (nSPS) is 27.6. The summed E-state index contributed by atoms with van der Waals surface area (Å²) in [5, 5.41) is 3.41. The molecule has 2 rings (SSSR count). The van der Waals surface area contributed by atoms with E-state index in [1.54, 1.807) is 0 Å². The maximum Gasteiger partial charge on any atom is 0.0665 e. The summed E-state index contributed by atoms with van der Waals surface area (Å²) in [7, 11) is 2.03. The second-order valence-corrected chi connectivity index (χ2v) is 6.99. The summed E-state index contributed by atoms with van der Waals surface area (Å²) in [6, 6.07) is 7.05. The van der Waals surface area contributed by atoms with Crippen LogP contribution in [-0.4, -0.2) is 19.8 Å². The van der Waals surface area contributed by atoms with Crippen molar-refractivity contribution in [3.63, 3.8) is 0 Å². The molecule has 4 unspecified atom stereocenters. The molecule has 1 fully saturated rings. The van der Waals surface area contributed by atoms with Crippen molar-refractivity contribution in [1.29, 1.82) is 0 Å². The third-order valence-corrected chi connectivity index (χ3v) is 5.04. The molecule has 0 aliphatic heterocycles. The molecule has 1 aliphatic rings. The number of hydrogen-bond acceptors (Lipinski definition) is 2. The van der Waals surface area contributed by atoms with Crippen molar-refractivity contribution in [2.75, 3.05) is 13.7 Å². The largest absolute Gasteiger partial charge is 0.376 e. The van der Waals surface area contributed by atoms with E-state index >= 15 is 0 Å². The Morgan fingerprint density at radius 2 is 1.76 bits per heavy atom. The zero-order valence-electron chi connectivity index (χ0n) is 14.3. The Kier molecular flexibility index (Phi) is 5.83. The number of likely N-dealkylation sites (N-methyl/N-ethyl adjacent to an activating group) is 1. The fourth-order valence-corrected chi connectivity index (χ4v) is 3.44. The van der Waals surface area contributed by atoms with Crippen LogP contribution in [0.1, 0.15) is 55.8 Å². The highest BCUT2D eigenvalue weighted by Crippen LogP contribution is 2.31. The van der Waals surface area contributed by atoms with Gasteiger partial charge in [0.15, 0.2) is 0 Å². The molecular formula is C19H31NO. The van der Waals surface area contributed by atoms with Crippen molar-refractivity contribution >= 4 is 0 Å². The van der Waals surface area contributed by atoms with E-state index in [1.165, 1.54) is 36.0 Å². The molecule has 2 nitrogen and oxygen atoms in total. The zero-order chi connectivity index (χ0) is 15.4. The minimum atomic E-state index is 0.290. The van der Waals surface area contributed by atoms with Crippen molar-refractivity contribution in [3.05, 3.63) is 34.9 Å². The van der Waals surface area contributed by atoms with E-state index in [0.717, 1.165) is 18.4 Å². The van der Waals surface area contributed by atoms with Gasteiger partial charge in [-0.05, 0) is 57.6 Å². The average Bonchev–Trinajstić information content (AvgIpc) is 2.42. The number of aryl methyl sites for hydroxylation is 2. The van der Waals surface area contributed by atoms with Crippen LogP contribution in [0.25, 0.3) is 0 Å². The van der Waals surface area contributed by atoms with Gasteiger partial charge in [-0.2, -0.15) is 0 Å². The van der Waals surface area contributed by atoms with Crippen molar-refractivity contribution in [2.24, 2.45) is 11.8 Å². The number of nitrogens with one attached hydrogen (secondary N) is 1. The highest BCUT2D eigenvalue weighted by Gasteiger charge is 2.25. The minimum Gasteiger partial charge on any atom is -0.376 e. The summed E-state index contributed by atoms with van der Waals surface area (Å²) in [4.78, 5) is 0. The lowest BCUT2D eigenvalue weighted by molar-refractivity contribution is -0.00683. The van der Waals surface area contributed by atoms with E-state index in [2.05, 4.69) is 51.2 Å². The highest BCUT2D eigenvalue weighted by molar-refractivity contribution is 5.30. The molecule has 2 heteroatoms. The van der Waals surface area contributed by atoms with E-state index in [-0.39, 0.29) is 0 Å². The Balaban J connectivity index is 1.93. The van der Waals surface area contributed by atoms with Gasteiger partial charge in [0.2, 0.25) is 0 Å². The van der Waals surface area contributed by atoms with Gasteiger partial charge in [0.05, 0.1) is 18.8 Å². The van der Waals surface area contributed by atoms with E-state index < -0.39 is 0 Å². The molecule has 0 bridgehead atoms. The maximum absolute atomic E-state index is 6.23. The van der Waals surface area contributed by atoms with Crippen LogP contribution in [0, 0.1) is 25.7 Å². The topological polar surface area (TPSA) is 21.3 Å². The minimum absolute atomic E-state index is 0.290. The molecule has 0 amide bonds. The molecule has 1 saturated carbocycles. The van der Waals surface area contributed by atoms with Gasteiger partial charge in [-0.15, -0.1) is 0 Å². The lowest BCUT2D eigenvalue weighted by Gasteiger charge is -2.33. The van der Waals surface area contributed by atoms with Gasteiger partial charge in [0.25, 0.3) is 0 Å². The van der Waals surface area contributed by atoms with Crippen LogP contribution in [0.15, 0.2) is 18.2 Å². The number of ether oxygens (including phenoxy) is 1. The van der Waals surface area contributed by atoms with E-state index in [1.807, 2.05) is 7.05 Å². The van der Waals surface area contributed by atoms with Crippen molar-refractivity contribution in [1.82, 2.24) is 5.32 Å². The van der Waals surface area contributed by atoms with Crippen LogP contribution in [0.3, 0.4) is 0 Å². The van der Waals surface area contributed by atoms with Crippen molar-refractivity contribution in [3.8, 4) is 0 Å². The molecule has 1 N–H and O–H groups in total. The van der Waals surface area contributed by atoms with Crippen LogP contribution < -0.4 is 5.32 Å². The van der Waals surface area contributed by atoms with Gasteiger partial charge in [0, 0.05) is 0 Å². The van der Waals surface area contributed by atoms with Crippen LogP contribution in [0.4, 0.5) is 0 Å². The van der Waals surface area contributed by atoms with Gasteiger partial charge in [-0.1, -0.05) is 43.2 Å². The van der Waals surface area contributed by atoms with Gasteiger partial charge in [0.1, 0.15) is 0 Å². The zero-order valence-corrected chi connectivity index (χ0v) is 14.3. The van der Waals surface area contributed by atoms with Crippen molar-refractivity contribution < 1.29 is 4.74 Å². The summed E-state index contributed by atoms with van der Waals surface area (Å²) in [5.41, 5.74) is 3.99. The molecule has 0 aromatic heterocycles. The first kappa shape index (κ1) is 16.5. The summed E-state index contributed by atoms with van der Waals surface area (Å²) < 4.78 is 6.23. The molecule has 1 aromatic carbocycles. The Morgan fingerprint density at radius 1 is 1.10 bits per heavy atom. The first-order chi connectivity index (χ1) is 9.99. The number of benzene rings is 1. The summed E-state index contributed by atoms with van der Waals surface area (Å²) in [5.74, 6) is 1.64. The molecule has 0 saturated heterocycles. The lowest BCUT2D eigenvalue weighted by Crippen LogP contribution is -2.30. The number of rotatable bonds is 5. The van der Waals surface area contributed by atoms with Crippen LogP contribution in [-0.2, 0) is 4.74 Å². The molecule has 1 aromatic rings. The molecule has 0 spiro atoms.